The van der Waals surface area contributed by atoms with Crippen molar-refractivity contribution in [1.82, 2.24) is 0 Å². The van der Waals surface area contributed by atoms with Gasteiger partial charge >= 0.3 is 7.60 Å². The fourth-order valence-corrected chi connectivity index (χ4v) is 5.23. The van der Waals surface area contributed by atoms with Crippen molar-refractivity contribution in [2.45, 2.75) is 19.6 Å². The van der Waals surface area contributed by atoms with Gasteiger partial charge in [-0.25, -0.2) is 0 Å². The quantitative estimate of drug-likeness (QED) is 0.479. The molecular weight excluding hydrogens is 396 g/mol. The van der Waals surface area contributed by atoms with Crippen LogP contribution in [0.5, 0.6) is 5.75 Å². The van der Waals surface area contributed by atoms with E-state index in [1.54, 1.807) is 63.4 Å². The Morgan fingerprint density at radius 2 is 1.54 bits per heavy atom. The summed E-state index contributed by atoms with van der Waals surface area (Å²) >= 11 is 12.7. The zero-order valence-corrected chi connectivity index (χ0v) is 17.3. The standard InChI is InChI=1S/C18H22Cl2NO4P/c1-4-24-26(22,25-5-2)18(17-15(19)7-6-8-16(17)20)21-13-9-11-14(23-3)12-10-13/h6-12,18,21H,4-5H2,1-3H3. The Balaban J connectivity index is 2.51. The lowest BCUT2D eigenvalue weighted by molar-refractivity contribution is 0.214. The summed E-state index contributed by atoms with van der Waals surface area (Å²) in [7, 11) is -2.01. The molecule has 5 nitrogen and oxygen atoms in total. The highest BCUT2D eigenvalue weighted by molar-refractivity contribution is 7.54. The number of ether oxygens (including phenoxy) is 1. The number of nitrogens with one attached hydrogen (secondary N) is 1. The van der Waals surface area contributed by atoms with Gasteiger partial charge in [0.1, 0.15) is 5.75 Å². The van der Waals surface area contributed by atoms with Crippen molar-refractivity contribution in [2.75, 3.05) is 25.6 Å². The Morgan fingerprint density at radius 3 is 2.00 bits per heavy atom. The first kappa shape index (κ1) is 21.1. The average Bonchev–Trinajstić information content (AvgIpc) is 2.61. The third-order valence-electron chi connectivity index (χ3n) is 3.60. The van der Waals surface area contributed by atoms with Crippen molar-refractivity contribution in [3.63, 3.8) is 0 Å². The topological polar surface area (TPSA) is 56.8 Å². The zero-order chi connectivity index (χ0) is 19.2. The molecule has 142 valence electrons. The predicted molar refractivity (Wildman–Crippen MR) is 107 cm³/mol. The molecule has 8 heteroatoms. The molecule has 0 spiro atoms. The van der Waals surface area contributed by atoms with Gasteiger partial charge < -0.3 is 19.1 Å². The molecule has 0 radical (unpaired) electrons. The Labute approximate surface area is 164 Å². The van der Waals surface area contributed by atoms with Gasteiger partial charge in [-0.15, -0.1) is 0 Å². The lowest BCUT2D eigenvalue weighted by Crippen LogP contribution is -2.16. The Morgan fingerprint density at radius 1 is 1.00 bits per heavy atom. The van der Waals surface area contributed by atoms with E-state index in [0.717, 1.165) is 0 Å². The minimum absolute atomic E-state index is 0.222. The summed E-state index contributed by atoms with van der Waals surface area (Å²) in [5.41, 5.74) is 1.17. The van der Waals surface area contributed by atoms with E-state index in [0.29, 0.717) is 27.0 Å². The van der Waals surface area contributed by atoms with Crippen LogP contribution < -0.4 is 10.1 Å². The van der Waals surface area contributed by atoms with Crippen LogP contribution in [0.2, 0.25) is 10.0 Å². The summed E-state index contributed by atoms with van der Waals surface area (Å²) in [6.45, 7) is 3.95. The van der Waals surface area contributed by atoms with E-state index in [1.807, 2.05) is 0 Å². The molecule has 0 aromatic heterocycles. The van der Waals surface area contributed by atoms with Gasteiger partial charge in [0.15, 0.2) is 5.78 Å². The number of hydrogen-bond acceptors (Lipinski definition) is 5. The molecule has 0 heterocycles. The largest absolute Gasteiger partial charge is 0.497 e. The van der Waals surface area contributed by atoms with Gasteiger partial charge in [-0.3, -0.25) is 4.57 Å². The Kier molecular flexibility index (Phi) is 7.81. The normalized spacial score (nSPS) is 12.7. The molecule has 26 heavy (non-hydrogen) atoms. The molecule has 0 aliphatic carbocycles. The highest BCUT2D eigenvalue weighted by atomic mass is 35.5. The van der Waals surface area contributed by atoms with Crippen molar-refractivity contribution < 1.29 is 18.3 Å². The first-order valence-corrected chi connectivity index (χ1v) is 10.5. The van der Waals surface area contributed by atoms with Crippen molar-refractivity contribution in [1.29, 1.82) is 0 Å². The van der Waals surface area contributed by atoms with E-state index in [-0.39, 0.29) is 13.2 Å². The van der Waals surface area contributed by atoms with Crippen LogP contribution in [-0.4, -0.2) is 20.3 Å². The Bertz CT molecular complexity index is 740. The van der Waals surface area contributed by atoms with Crippen LogP contribution in [0, 0.1) is 0 Å². The lowest BCUT2D eigenvalue weighted by atomic mass is 10.2. The molecule has 0 saturated carbocycles. The molecule has 1 unspecified atom stereocenters. The molecule has 0 aliphatic heterocycles. The highest BCUT2D eigenvalue weighted by Gasteiger charge is 2.39. The van der Waals surface area contributed by atoms with Gasteiger partial charge in [0.05, 0.1) is 20.3 Å². The van der Waals surface area contributed by atoms with Crippen molar-refractivity contribution >= 4 is 36.5 Å². The first-order valence-electron chi connectivity index (χ1n) is 8.18. The number of hydrogen-bond donors (Lipinski definition) is 1. The number of methoxy groups -OCH3 is 1. The number of anilines is 1. The van der Waals surface area contributed by atoms with Crippen molar-refractivity contribution in [2.24, 2.45) is 0 Å². The molecule has 2 aromatic rings. The van der Waals surface area contributed by atoms with Crippen LogP contribution in [0.3, 0.4) is 0 Å². The van der Waals surface area contributed by atoms with Crippen LogP contribution in [0.1, 0.15) is 25.2 Å². The summed E-state index contributed by atoms with van der Waals surface area (Å²) in [6.07, 6.45) is 0. The van der Waals surface area contributed by atoms with Crippen LogP contribution in [0.15, 0.2) is 42.5 Å². The number of benzene rings is 2. The second-order valence-corrected chi connectivity index (χ2v) is 8.21. The van der Waals surface area contributed by atoms with E-state index in [2.05, 4.69) is 5.32 Å². The van der Waals surface area contributed by atoms with Crippen LogP contribution in [0.4, 0.5) is 5.69 Å². The second kappa shape index (κ2) is 9.63. The second-order valence-electron chi connectivity index (χ2n) is 5.29. The van der Waals surface area contributed by atoms with E-state index < -0.39 is 13.4 Å². The highest BCUT2D eigenvalue weighted by Crippen LogP contribution is 2.62. The van der Waals surface area contributed by atoms with Crippen LogP contribution in [-0.2, 0) is 13.6 Å². The number of rotatable bonds is 9. The van der Waals surface area contributed by atoms with Crippen LogP contribution in [0.25, 0.3) is 0 Å². The molecule has 0 saturated heterocycles. The van der Waals surface area contributed by atoms with Crippen molar-refractivity contribution in [3.05, 3.63) is 58.1 Å². The minimum Gasteiger partial charge on any atom is -0.497 e. The Hall–Kier alpha value is -1.23. The first-order chi connectivity index (χ1) is 12.4. The average molecular weight is 418 g/mol. The van der Waals surface area contributed by atoms with Crippen LogP contribution >= 0.6 is 30.8 Å². The molecular formula is C18H22Cl2NO4P. The van der Waals surface area contributed by atoms with Gasteiger partial charge in [0.25, 0.3) is 0 Å². The van der Waals surface area contributed by atoms with Gasteiger partial charge in [-0.2, -0.15) is 0 Å². The van der Waals surface area contributed by atoms with E-state index in [4.69, 9.17) is 37.0 Å². The summed E-state index contributed by atoms with van der Waals surface area (Å²) in [5, 5.41) is 3.96. The SMILES string of the molecule is CCOP(=O)(OCC)C(Nc1ccc(OC)cc1)c1c(Cl)cccc1Cl. The molecule has 0 bridgehead atoms. The summed E-state index contributed by atoms with van der Waals surface area (Å²) < 4.78 is 29.7. The molecule has 1 N–H and O–H groups in total. The molecule has 2 aromatic carbocycles. The smallest absolute Gasteiger partial charge is 0.357 e. The summed E-state index contributed by atoms with van der Waals surface area (Å²) in [5.74, 6) is -0.155. The molecule has 0 fully saturated rings. The molecule has 2 rings (SSSR count). The fourth-order valence-electron chi connectivity index (χ4n) is 2.47. The fraction of sp³-hybridized carbons (Fsp3) is 0.333. The van der Waals surface area contributed by atoms with Gasteiger partial charge in [0.2, 0.25) is 0 Å². The predicted octanol–water partition coefficient (Wildman–Crippen LogP) is 6.38. The molecule has 0 amide bonds. The zero-order valence-electron chi connectivity index (χ0n) is 14.9. The monoisotopic (exact) mass is 417 g/mol. The molecule has 1 atom stereocenters. The van der Waals surface area contributed by atoms with E-state index in [1.165, 1.54) is 0 Å². The van der Waals surface area contributed by atoms with Gasteiger partial charge in [-0.1, -0.05) is 29.3 Å². The maximum absolute atomic E-state index is 13.5. The van der Waals surface area contributed by atoms with Gasteiger partial charge in [0, 0.05) is 21.3 Å². The third-order valence-corrected chi connectivity index (χ3v) is 6.52. The van der Waals surface area contributed by atoms with Crippen molar-refractivity contribution in [3.8, 4) is 5.75 Å². The van der Waals surface area contributed by atoms with Gasteiger partial charge in [-0.05, 0) is 50.2 Å². The maximum Gasteiger partial charge on any atom is 0.357 e. The number of halogens is 2. The minimum atomic E-state index is -3.60. The summed E-state index contributed by atoms with van der Waals surface area (Å²) in [6, 6.07) is 12.3. The van der Waals surface area contributed by atoms with E-state index >= 15 is 0 Å². The molecule has 0 aliphatic rings. The van der Waals surface area contributed by atoms with E-state index in [9.17, 15) is 4.57 Å². The third kappa shape index (κ3) is 4.93. The maximum atomic E-state index is 13.5. The summed E-state index contributed by atoms with van der Waals surface area (Å²) in [4.78, 5) is 0. The lowest BCUT2D eigenvalue weighted by Gasteiger charge is -2.29.